The first-order chi connectivity index (χ1) is 9.24. The predicted octanol–water partition coefficient (Wildman–Crippen LogP) is 1.81. The molecular weight excluding hydrogens is 280 g/mol. The quantitative estimate of drug-likeness (QED) is 0.805. The molecule has 1 aliphatic rings. The summed E-state index contributed by atoms with van der Waals surface area (Å²) < 4.78 is 10.8. The molecule has 20 heavy (non-hydrogen) atoms. The van der Waals surface area contributed by atoms with Crippen LogP contribution in [0.15, 0.2) is 24.3 Å². The molecule has 3 N–H and O–H groups in total. The number of benzene rings is 1. The van der Waals surface area contributed by atoms with Gasteiger partial charge >= 0.3 is 0 Å². The minimum Gasteiger partial charge on any atom is -0.492 e. The summed E-state index contributed by atoms with van der Waals surface area (Å²) in [6.07, 6.45) is 0.911. The van der Waals surface area contributed by atoms with Gasteiger partial charge < -0.3 is 20.5 Å². The van der Waals surface area contributed by atoms with Gasteiger partial charge in [0.1, 0.15) is 12.4 Å². The second-order valence-electron chi connectivity index (χ2n) is 4.49. The van der Waals surface area contributed by atoms with Crippen molar-refractivity contribution >= 4 is 24.0 Å². The first kappa shape index (κ1) is 16.8. The van der Waals surface area contributed by atoms with Crippen molar-refractivity contribution in [2.75, 3.05) is 25.1 Å². The van der Waals surface area contributed by atoms with Gasteiger partial charge in [-0.25, -0.2) is 0 Å². The maximum absolute atomic E-state index is 11.9. The molecule has 0 radical (unpaired) electrons. The Morgan fingerprint density at radius 1 is 1.40 bits per heavy atom. The molecule has 2 atom stereocenters. The van der Waals surface area contributed by atoms with Crippen LogP contribution < -0.4 is 15.8 Å². The van der Waals surface area contributed by atoms with Crippen molar-refractivity contribution in [3.63, 3.8) is 0 Å². The van der Waals surface area contributed by atoms with Gasteiger partial charge in [0.15, 0.2) is 0 Å². The molecule has 2 unspecified atom stereocenters. The Bertz CT molecular complexity index is 425. The van der Waals surface area contributed by atoms with Crippen molar-refractivity contribution in [3.05, 3.63) is 24.3 Å². The van der Waals surface area contributed by atoms with Gasteiger partial charge in [-0.05, 0) is 37.6 Å². The van der Waals surface area contributed by atoms with E-state index in [2.05, 4.69) is 5.32 Å². The molecule has 1 aromatic carbocycles. The molecule has 5 nitrogen and oxygen atoms in total. The maximum Gasteiger partial charge on any atom is 0.230 e. The van der Waals surface area contributed by atoms with Crippen molar-refractivity contribution in [2.45, 2.75) is 19.4 Å². The molecule has 1 aromatic rings. The Balaban J connectivity index is 0.00000200. The third kappa shape index (κ3) is 4.67. The summed E-state index contributed by atoms with van der Waals surface area (Å²) in [7, 11) is 0. The molecule has 0 heterocycles. The number of hydrogen-bond donors (Lipinski definition) is 2. The molecular formula is C14H21ClN2O3. The van der Waals surface area contributed by atoms with E-state index in [9.17, 15) is 4.79 Å². The van der Waals surface area contributed by atoms with Crippen LogP contribution in [-0.2, 0) is 9.53 Å². The molecule has 1 amide bonds. The lowest BCUT2D eigenvalue weighted by Crippen LogP contribution is -2.16. The van der Waals surface area contributed by atoms with Gasteiger partial charge in [0, 0.05) is 18.8 Å². The van der Waals surface area contributed by atoms with Gasteiger partial charge in [-0.2, -0.15) is 0 Å². The van der Waals surface area contributed by atoms with Crippen LogP contribution in [-0.4, -0.2) is 31.8 Å². The number of carbonyl (C=O) groups is 1. The monoisotopic (exact) mass is 300 g/mol. The smallest absolute Gasteiger partial charge is 0.230 e. The van der Waals surface area contributed by atoms with Gasteiger partial charge in [0.25, 0.3) is 0 Å². The van der Waals surface area contributed by atoms with Crippen LogP contribution in [0, 0.1) is 5.92 Å². The van der Waals surface area contributed by atoms with Crippen LogP contribution in [0.25, 0.3) is 0 Å². The molecule has 0 saturated heterocycles. The van der Waals surface area contributed by atoms with E-state index in [1.807, 2.05) is 31.2 Å². The van der Waals surface area contributed by atoms with Gasteiger partial charge in [0.05, 0.1) is 12.0 Å². The molecule has 0 aromatic heterocycles. The third-order valence-corrected chi connectivity index (χ3v) is 2.96. The number of halogens is 1. The van der Waals surface area contributed by atoms with E-state index in [1.165, 1.54) is 0 Å². The third-order valence-electron chi connectivity index (χ3n) is 2.96. The Hall–Kier alpha value is -1.30. The highest BCUT2D eigenvalue weighted by Crippen LogP contribution is 2.34. The Morgan fingerprint density at radius 2 is 2.10 bits per heavy atom. The fraction of sp³-hybridized carbons (Fsp3) is 0.500. The summed E-state index contributed by atoms with van der Waals surface area (Å²) in [5.74, 6) is 0.768. The van der Waals surface area contributed by atoms with Crippen LogP contribution in [0.5, 0.6) is 5.75 Å². The molecule has 6 heteroatoms. The second kappa shape index (κ2) is 8.09. The molecule has 2 rings (SSSR count). The minimum atomic E-state index is -0.00637. The number of nitrogens with two attached hydrogens (primary N) is 1. The van der Waals surface area contributed by atoms with Crippen molar-refractivity contribution < 1.29 is 14.3 Å². The molecule has 0 spiro atoms. The topological polar surface area (TPSA) is 73.6 Å². The summed E-state index contributed by atoms with van der Waals surface area (Å²) in [4.78, 5) is 11.9. The zero-order valence-electron chi connectivity index (χ0n) is 11.5. The predicted molar refractivity (Wildman–Crippen MR) is 80.4 cm³/mol. The SMILES string of the molecule is CCOC1CC1C(=O)Nc1ccc(OCCN)cc1.Cl. The number of hydrogen-bond acceptors (Lipinski definition) is 4. The van der Waals surface area contributed by atoms with Gasteiger partial charge in [-0.3, -0.25) is 4.79 Å². The van der Waals surface area contributed by atoms with Crippen molar-refractivity contribution in [1.82, 2.24) is 0 Å². The van der Waals surface area contributed by atoms with Crippen LogP contribution in [0.3, 0.4) is 0 Å². The number of carbonyl (C=O) groups excluding carboxylic acids is 1. The highest BCUT2D eigenvalue weighted by Gasteiger charge is 2.43. The fourth-order valence-electron chi connectivity index (χ4n) is 1.89. The molecule has 112 valence electrons. The lowest BCUT2D eigenvalue weighted by Gasteiger charge is -2.07. The number of rotatable bonds is 7. The molecule has 0 aliphatic heterocycles. The summed E-state index contributed by atoms with van der Waals surface area (Å²) in [5.41, 5.74) is 6.13. The average Bonchev–Trinajstić information content (AvgIpc) is 3.18. The van der Waals surface area contributed by atoms with E-state index in [0.717, 1.165) is 17.9 Å². The van der Waals surface area contributed by atoms with Crippen LogP contribution in [0.4, 0.5) is 5.69 Å². The fourth-order valence-corrected chi connectivity index (χ4v) is 1.89. The normalized spacial score (nSPS) is 19.9. The lowest BCUT2D eigenvalue weighted by molar-refractivity contribution is -0.118. The summed E-state index contributed by atoms with van der Waals surface area (Å²) in [6, 6.07) is 7.28. The Morgan fingerprint density at radius 3 is 2.70 bits per heavy atom. The first-order valence-corrected chi connectivity index (χ1v) is 6.60. The zero-order valence-corrected chi connectivity index (χ0v) is 12.3. The van der Waals surface area contributed by atoms with E-state index in [0.29, 0.717) is 19.8 Å². The zero-order chi connectivity index (χ0) is 13.7. The number of nitrogens with one attached hydrogen (secondary N) is 1. The van der Waals surface area contributed by atoms with Gasteiger partial charge in [-0.1, -0.05) is 0 Å². The summed E-state index contributed by atoms with van der Waals surface area (Å²) in [5, 5.41) is 2.88. The first-order valence-electron chi connectivity index (χ1n) is 6.60. The molecule has 1 fully saturated rings. The summed E-state index contributed by atoms with van der Waals surface area (Å²) in [6.45, 7) is 3.57. The van der Waals surface area contributed by atoms with Crippen LogP contribution in [0.2, 0.25) is 0 Å². The van der Waals surface area contributed by atoms with Gasteiger partial charge in [0.2, 0.25) is 5.91 Å². The highest BCUT2D eigenvalue weighted by atomic mass is 35.5. The second-order valence-corrected chi connectivity index (χ2v) is 4.49. The van der Waals surface area contributed by atoms with Crippen molar-refractivity contribution in [1.29, 1.82) is 0 Å². The van der Waals surface area contributed by atoms with Crippen molar-refractivity contribution in [2.24, 2.45) is 11.7 Å². The van der Waals surface area contributed by atoms with Crippen LogP contribution >= 0.6 is 12.4 Å². The average molecular weight is 301 g/mol. The number of amides is 1. The van der Waals surface area contributed by atoms with E-state index < -0.39 is 0 Å². The largest absolute Gasteiger partial charge is 0.492 e. The maximum atomic E-state index is 11.9. The van der Waals surface area contributed by atoms with Crippen molar-refractivity contribution in [3.8, 4) is 5.75 Å². The molecule has 0 bridgehead atoms. The number of anilines is 1. The standard InChI is InChI=1S/C14H20N2O3.ClH/c1-2-18-13-9-12(13)14(17)16-10-3-5-11(6-4-10)19-8-7-15;/h3-6,12-13H,2,7-9,15H2,1H3,(H,16,17);1H. The van der Waals surface area contributed by atoms with Crippen LogP contribution in [0.1, 0.15) is 13.3 Å². The van der Waals surface area contributed by atoms with E-state index in [1.54, 1.807) is 0 Å². The Labute approximate surface area is 125 Å². The van der Waals surface area contributed by atoms with E-state index >= 15 is 0 Å². The lowest BCUT2D eigenvalue weighted by atomic mass is 10.3. The highest BCUT2D eigenvalue weighted by molar-refractivity contribution is 5.94. The Kier molecular flexibility index (Phi) is 6.78. The molecule has 1 aliphatic carbocycles. The molecule has 1 saturated carbocycles. The van der Waals surface area contributed by atoms with Gasteiger partial charge in [-0.15, -0.1) is 12.4 Å². The number of ether oxygens (including phenoxy) is 2. The summed E-state index contributed by atoms with van der Waals surface area (Å²) >= 11 is 0. The minimum absolute atomic E-state index is 0. The van der Waals surface area contributed by atoms with E-state index in [4.69, 9.17) is 15.2 Å². The van der Waals surface area contributed by atoms with E-state index in [-0.39, 0.29) is 30.3 Å².